The van der Waals surface area contributed by atoms with Gasteiger partial charge in [-0.25, -0.2) is 0 Å². The van der Waals surface area contributed by atoms with Gasteiger partial charge in [0.25, 0.3) is 0 Å². The van der Waals surface area contributed by atoms with E-state index in [1.807, 2.05) is 42.6 Å². The molecule has 38 heavy (non-hydrogen) atoms. The molecule has 2 atom stereocenters. The molecule has 4 rings (SSSR count). The Hall–Kier alpha value is -2.01. The average molecular weight is 620 g/mol. The van der Waals surface area contributed by atoms with Gasteiger partial charge in [0.2, 0.25) is 0 Å². The lowest BCUT2D eigenvalue weighted by Crippen LogP contribution is -2.36. The van der Waals surface area contributed by atoms with Crippen molar-refractivity contribution >= 4 is 56.8 Å². The van der Waals surface area contributed by atoms with Gasteiger partial charge in [0.15, 0.2) is 0 Å². The van der Waals surface area contributed by atoms with Gasteiger partial charge in [-0.05, 0) is 47.4 Å². The van der Waals surface area contributed by atoms with Gasteiger partial charge in [-0.1, -0.05) is 94.9 Å². The van der Waals surface area contributed by atoms with Crippen LogP contribution in [0.3, 0.4) is 0 Å². The Bertz CT molecular complexity index is 1300. The molecule has 0 saturated heterocycles. The minimum absolute atomic E-state index is 0.307. The van der Waals surface area contributed by atoms with Crippen LogP contribution in [0.25, 0.3) is 0 Å². The first-order valence-electron chi connectivity index (χ1n) is 11.4. The van der Waals surface area contributed by atoms with Crippen molar-refractivity contribution in [3.05, 3.63) is 117 Å². The van der Waals surface area contributed by atoms with Crippen molar-refractivity contribution < 1.29 is 22.3 Å². The van der Waals surface area contributed by atoms with Gasteiger partial charge >= 0.3 is 10.4 Å². The van der Waals surface area contributed by atoms with Crippen molar-refractivity contribution in [1.29, 1.82) is 0 Å². The molecule has 204 valence electrons. The molecule has 3 aromatic rings. The molecule has 0 radical (unpaired) electrons. The number of hydrogen-bond donors (Lipinski definition) is 2. The molecular weight excluding hydrogens is 594 g/mol. The Kier molecular flexibility index (Phi) is 11.6. The highest BCUT2D eigenvalue weighted by Gasteiger charge is 2.29. The fourth-order valence-electron chi connectivity index (χ4n) is 3.69. The summed E-state index contributed by atoms with van der Waals surface area (Å²) in [6.07, 6.45) is 4.67. The Balaban J connectivity index is 0.000000732. The van der Waals surface area contributed by atoms with Crippen LogP contribution >= 0.6 is 46.4 Å². The zero-order chi connectivity index (χ0) is 27.7. The lowest BCUT2D eigenvalue weighted by atomic mass is 10.1. The van der Waals surface area contributed by atoms with E-state index >= 15 is 0 Å². The SMILES string of the molecule is Clc1ccc(C(OCc2ccc(Cl)cc2Cl)C(Cl)N2C=CN(CCc3ccccc3)C2)cc1.O=S(=O)(O)O. The Morgan fingerprint density at radius 2 is 1.53 bits per heavy atom. The van der Waals surface area contributed by atoms with Crippen LogP contribution < -0.4 is 0 Å². The molecule has 3 aromatic carbocycles. The number of benzene rings is 3. The second-order valence-electron chi connectivity index (χ2n) is 8.34. The molecule has 0 aliphatic carbocycles. The zero-order valence-electron chi connectivity index (χ0n) is 20.0. The van der Waals surface area contributed by atoms with Crippen molar-refractivity contribution in [1.82, 2.24) is 9.80 Å². The number of nitrogens with zero attached hydrogens (tertiary/aromatic N) is 2. The van der Waals surface area contributed by atoms with Gasteiger partial charge in [-0.15, -0.1) is 0 Å². The van der Waals surface area contributed by atoms with E-state index < -0.39 is 22.0 Å². The smallest absolute Gasteiger partial charge is 0.365 e. The number of ether oxygens (including phenoxy) is 1. The summed E-state index contributed by atoms with van der Waals surface area (Å²) in [5.74, 6) is 0. The summed E-state index contributed by atoms with van der Waals surface area (Å²) in [7, 11) is -4.67. The summed E-state index contributed by atoms with van der Waals surface area (Å²) < 4.78 is 37.9. The van der Waals surface area contributed by atoms with E-state index in [1.165, 1.54) is 5.56 Å². The van der Waals surface area contributed by atoms with Gasteiger partial charge in [0, 0.05) is 34.0 Å². The number of halogens is 4. The van der Waals surface area contributed by atoms with Gasteiger partial charge in [0.1, 0.15) is 11.6 Å². The number of alkyl halides is 1. The van der Waals surface area contributed by atoms with Crippen molar-refractivity contribution in [2.45, 2.75) is 24.6 Å². The third-order valence-electron chi connectivity index (χ3n) is 5.54. The Labute approximate surface area is 242 Å². The highest BCUT2D eigenvalue weighted by atomic mass is 35.5. The predicted molar refractivity (Wildman–Crippen MR) is 152 cm³/mol. The van der Waals surface area contributed by atoms with E-state index in [-0.39, 0.29) is 0 Å². The number of hydrogen-bond acceptors (Lipinski definition) is 5. The van der Waals surface area contributed by atoms with E-state index in [0.29, 0.717) is 28.3 Å². The van der Waals surface area contributed by atoms with E-state index in [4.69, 9.17) is 68.7 Å². The molecule has 0 fully saturated rings. The van der Waals surface area contributed by atoms with Crippen molar-refractivity contribution in [3.63, 3.8) is 0 Å². The van der Waals surface area contributed by atoms with Crippen molar-refractivity contribution in [2.75, 3.05) is 13.2 Å². The van der Waals surface area contributed by atoms with Crippen LogP contribution in [-0.2, 0) is 28.2 Å². The third-order valence-corrected chi connectivity index (χ3v) is 6.86. The summed E-state index contributed by atoms with van der Waals surface area (Å²) in [6, 6.07) is 23.4. The molecular formula is C26H26Cl4N2O5S. The first-order valence-corrected chi connectivity index (χ1v) is 14.3. The fraction of sp³-hybridized carbons (Fsp3) is 0.231. The zero-order valence-corrected chi connectivity index (χ0v) is 23.8. The van der Waals surface area contributed by atoms with Gasteiger partial charge in [0.05, 0.1) is 13.3 Å². The summed E-state index contributed by atoms with van der Waals surface area (Å²) in [5, 5.41) is 1.82. The molecule has 0 spiro atoms. The van der Waals surface area contributed by atoms with Crippen LogP contribution in [0.5, 0.6) is 0 Å². The molecule has 1 aliphatic heterocycles. The van der Waals surface area contributed by atoms with E-state index in [0.717, 1.165) is 24.1 Å². The first kappa shape index (κ1) is 30.5. The highest BCUT2D eigenvalue weighted by molar-refractivity contribution is 7.79. The maximum Gasteiger partial charge on any atom is 0.394 e. The molecule has 0 amide bonds. The maximum absolute atomic E-state index is 8.74. The molecule has 0 saturated carbocycles. The monoisotopic (exact) mass is 618 g/mol. The predicted octanol–water partition coefficient (Wildman–Crippen LogP) is 7.11. The molecule has 2 unspecified atom stereocenters. The van der Waals surface area contributed by atoms with Crippen LogP contribution in [0.2, 0.25) is 15.1 Å². The van der Waals surface area contributed by atoms with E-state index in [2.05, 4.69) is 40.3 Å². The summed E-state index contributed by atoms with van der Waals surface area (Å²) >= 11 is 25.5. The average Bonchev–Trinajstić information content (AvgIpc) is 3.34. The molecule has 12 heteroatoms. The normalized spacial score (nSPS) is 14.7. The quantitative estimate of drug-likeness (QED) is 0.150. The molecule has 1 aliphatic rings. The lowest BCUT2D eigenvalue weighted by molar-refractivity contribution is 0.00688. The second kappa shape index (κ2) is 14.4. The van der Waals surface area contributed by atoms with Crippen LogP contribution in [0.15, 0.2) is 85.2 Å². The van der Waals surface area contributed by atoms with Crippen LogP contribution in [0.1, 0.15) is 22.8 Å². The van der Waals surface area contributed by atoms with Crippen LogP contribution in [0.4, 0.5) is 0 Å². The first-order chi connectivity index (χ1) is 18.0. The highest BCUT2D eigenvalue weighted by Crippen LogP contribution is 2.33. The van der Waals surface area contributed by atoms with Gasteiger partial charge < -0.3 is 14.5 Å². The van der Waals surface area contributed by atoms with Crippen molar-refractivity contribution in [2.24, 2.45) is 0 Å². The van der Waals surface area contributed by atoms with Gasteiger partial charge in [-0.3, -0.25) is 9.11 Å². The van der Waals surface area contributed by atoms with E-state index in [9.17, 15) is 0 Å². The molecule has 0 aromatic heterocycles. The molecule has 1 heterocycles. The maximum atomic E-state index is 8.74. The van der Waals surface area contributed by atoms with E-state index in [1.54, 1.807) is 12.1 Å². The largest absolute Gasteiger partial charge is 0.394 e. The topological polar surface area (TPSA) is 90.3 Å². The van der Waals surface area contributed by atoms with Crippen LogP contribution in [-0.4, -0.2) is 46.0 Å². The molecule has 2 N–H and O–H groups in total. The van der Waals surface area contributed by atoms with Crippen LogP contribution in [0, 0.1) is 0 Å². The second-order valence-corrected chi connectivity index (χ2v) is 11.0. The fourth-order valence-corrected chi connectivity index (χ4v) is 4.62. The van der Waals surface area contributed by atoms with Gasteiger partial charge in [-0.2, -0.15) is 8.42 Å². The standard InChI is InChI=1S/C26H24Cl4N2O.H2O4S/c27-22-9-6-20(7-10-22)25(33-17-21-8-11-23(28)16-24(21)29)26(30)32-15-14-31(18-32)13-12-19-4-2-1-3-5-19;1-5(2,3)4/h1-11,14-16,25-26H,12-13,17-18H2;(H2,1,2,3,4). The lowest BCUT2D eigenvalue weighted by Gasteiger charge is -2.31. The van der Waals surface area contributed by atoms with Crippen molar-refractivity contribution in [3.8, 4) is 0 Å². The summed E-state index contributed by atoms with van der Waals surface area (Å²) in [5.41, 5.74) is 2.69. The number of rotatable bonds is 9. The minimum Gasteiger partial charge on any atom is -0.365 e. The molecule has 7 nitrogen and oxygen atoms in total. The summed E-state index contributed by atoms with van der Waals surface area (Å²) in [6.45, 7) is 1.91. The molecule has 0 bridgehead atoms. The minimum atomic E-state index is -4.67. The summed E-state index contributed by atoms with van der Waals surface area (Å²) in [4.78, 5) is 4.33. The third kappa shape index (κ3) is 10.3. The Morgan fingerprint density at radius 1 is 0.895 bits per heavy atom. The Morgan fingerprint density at radius 3 is 2.16 bits per heavy atom.